The van der Waals surface area contributed by atoms with Gasteiger partial charge in [0.05, 0.1) is 30.3 Å². The first kappa shape index (κ1) is 17.0. The normalized spacial score (nSPS) is 15.7. The van der Waals surface area contributed by atoms with Gasteiger partial charge in [-0.1, -0.05) is 12.1 Å². The van der Waals surface area contributed by atoms with Gasteiger partial charge in [-0.15, -0.1) is 0 Å². The van der Waals surface area contributed by atoms with E-state index in [0.717, 1.165) is 0 Å². The molecule has 0 radical (unpaired) electrons. The molecule has 0 saturated carbocycles. The van der Waals surface area contributed by atoms with Crippen LogP contribution in [-0.2, 0) is 14.3 Å². The molecule has 6 nitrogen and oxygen atoms in total. The highest BCUT2D eigenvalue weighted by Gasteiger charge is 2.26. The summed E-state index contributed by atoms with van der Waals surface area (Å²) < 4.78 is 5.03. The SMILES string of the molecule is CCOC(=O)C1CCN(CC(=O)Nc2ccccc2C#N)CC1. The third-order valence-corrected chi connectivity index (χ3v) is 3.90. The Morgan fingerprint density at radius 1 is 1.35 bits per heavy atom. The highest BCUT2D eigenvalue weighted by Crippen LogP contribution is 2.19. The fraction of sp³-hybridized carbons (Fsp3) is 0.471. The van der Waals surface area contributed by atoms with Crippen LogP contribution < -0.4 is 5.32 Å². The van der Waals surface area contributed by atoms with Gasteiger partial charge in [0.25, 0.3) is 0 Å². The van der Waals surface area contributed by atoms with E-state index in [2.05, 4.69) is 11.4 Å². The Balaban J connectivity index is 1.81. The summed E-state index contributed by atoms with van der Waals surface area (Å²) in [5, 5.41) is 11.8. The maximum atomic E-state index is 12.1. The van der Waals surface area contributed by atoms with Crippen LogP contribution in [0.4, 0.5) is 5.69 Å². The number of nitriles is 1. The van der Waals surface area contributed by atoms with Crippen LogP contribution in [0.5, 0.6) is 0 Å². The molecule has 1 aromatic rings. The van der Waals surface area contributed by atoms with Crippen molar-refractivity contribution in [2.75, 3.05) is 31.6 Å². The summed E-state index contributed by atoms with van der Waals surface area (Å²) in [7, 11) is 0. The Bertz CT molecular complexity index is 601. The third-order valence-electron chi connectivity index (χ3n) is 3.90. The van der Waals surface area contributed by atoms with Gasteiger partial charge in [-0.25, -0.2) is 0 Å². The fourth-order valence-corrected chi connectivity index (χ4v) is 2.67. The van der Waals surface area contributed by atoms with Crippen molar-refractivity contribution in [2.45, 2.75) is 19.8 Å². The van der Waals surface area contributed by atoms with Gasteiger partial charge in [0.2, 0.25) is 5.91 Å². The number of nitrogens with one attached hydrogen (secondary N) is 1. The van der Waals surface area contributed by atoms with Crippen LogP contribution in [0, 0.1) is 17.2 Å². The van der Waals surface area contributed by atoms with E-state index in [9.17, 15) is 9.59 Å². The maximum absolute atomic E-state index is 12.1. The maximum Gasteiger partial charge on any atom is 0.309 e. The number of esters is 1. The fourth-order valence-electron chi connectivity index (χ4n) is 2.67. The number of carbonyl (C=O) groups excluding carboxylic acids is 2. The van der Waals surface area contributed by atoms with Crippen molar-refractivity contribution in [2.24, 2.45) is 5.92 Å². The molecular weight excluding hydrogens is 294 g/mol. The molecule has 23 heavy (non-hydrogen) atoms. The number of nitrogens with zero attached hydrogens (tertiary/aromatic N) is 2. The summed E-state index contributed by atoms with van der Waals surface area (Å²) in [6.45, 7) is 3.85. The van der Waals surface area contributed by atoms with Crippen molar-refractivity contribution in [3.8, 4) is 6.07 Å². The van der Waals surface area contributed by atoms with Gasteiger partial charge >= 0.3 is 5.97 Å². The molecule has 1 aromatic carbocycles. The second-order valence-corrected chi connectivity index (χ2v) is 5.51. The summed E-state index contributed by atoms with van der Waals surface area (Å²) in [4.78, 5) is 25.8. The second-order valence-electron chi connectivity index (χ2n) is 5.51. The van der Waals surface area contributed by atoms with E-state index < -0.39 is 0 Å². The third kappa shape index (κ3) is 4.80. The summed E-state index contributed by atoms with van der Waals surface area (Å²) in [5.41, 5.74) is 0.975. The molecule has 122 valence electrons. The Kier molecular flexibility index (Phi) is 6.12. The van der Waals surface area contributed by atoms with Gasteiger partial charge in [0, 0.05) is 0 Å². The minimum atomic E-state index is -0.151. The zero-order valence-corrected chi connectivity index (χ0v) is 13.2. The number of para-hydroxylation sites is 1. The molecule has 6 heteroatoms. The molecule has 1 aliphatic rings. The Hall–Kier alpha value is -2.39. The Morgan fingerprint density at radius 2 is 2.04 bits per heavy atom. The molecule has 0 aromatic heterocycles. The number of ether oxygens (including phenoxy) is 1. The minimum absolute atomic E-state index is 0.0615. The zero-order valence-electron chi connectivity index (χ0n) is 13.2. The number of likely N-dealkylation sites (tertiary alicyclic amines) is 1. The lowest BCUT2D eigenvalue weighted by atomic mass is 9.97. The summed E-state index contributed by atoms with van der Waals surface area (Å²) in [6, 6.07) is 8.97. The van der Waals surface area contributed by atoms with Crippen LogP contribution in [0.25, 0.3) is 0 Å². The van der Waals surface area contributed by atoms with Crippen LogP contribution in [0.2, 0.25) is 0 Å². The van der Waals surface area contributed by atoms with E-state index in [1.54, 1.807) is 31.2 Å². The Labute approximate surface area is 136 Å². The number of hydrogen-bond acceptors (Lipinski definition) is 5. The largest absolute Gasteiger partial charge is 0.466 e. The highest BCUT2D eigenvalue weighted by molar-refractivity contribution is 5.93. The highest BCUT2D eigenvalue weighted by atomic mass is 16.5. The van der Waals surface area contributed by atoms with Gasteiger partial charge < -0.3 is 10.1 Å². The van der Waals surface area contributed by atoms with E-state index in [-0.39, 0.29) is 24.3 Å². The lowest BCUT2D eigenvalue weighted by Gasteiger charge is -2.30. The number of amides is 1. The standard InChI is InChI=1S/C17H21N3O3/c1-2-23-17(22)13-7-9-20(10-8-13)12-16(21)19-15-6-4-3-5-14(15)11-18/h3-6,13H,2,7-10,12H2,1H3,(H,19,21). The monoisotopic (exact) mass is 315 g/mol. The van der Waals surface area contributed by atoms with Crippen molar-refractivity contribution < 1.29 is 14.3 Å². The molecule has 0 aliphatic carbocycles. The van der Waals surface area contributed by atoms with Gasteiger partial charge in [-0.2, -0.15) is 5.26 Å². The summed E-state index contributed by atoms with van der Waals surface area (Å²) in [6.07, 6.45) is 1.42. The van der Waals surface area contributed by atoms with E-state index >= 15 is 0 Å². The van der Waals surface area contributed by atoms with Crippen molar-refractivity contribution in [1.29, 1.82) is 5.26 Å². The minimum Gasteiger partial charge on any atom is -0.466 e. The van der Waals surface area contributed by atoms with Crippen LogP contribution in [0.15, 0.2) is 24.3 Å². The molecule has 1 aliphatic heterocycles. The molecule has 1 fully saturated rings. The van der Waals surface area contributed by atoms with Crippen molar-refractivity contribution in [1.82, 2.24) is 4.90 Å². The molecule has 1 amide bonds. The van der Waals surface area contributed by atoms with Gasteiger partial charge in [-0.3, -0.25) is 14.5 Å². The van der Waals surface area contributed by atoms with Crippen LogP contribution in [0.1, 0.15) is 25.3 Å². The van der Waals surface area contributed by atoms with E-state index in [1.165, 1.54) is 0 Å². The molecule has 1 heterocycles. The second kappa shape index (κ2) is 8.30. The smallest absolute Gasteiger partial charge is 0.309 e. The van der Waals surface area contributed by atoms with Gasteiger partial charge in [0.1, 0.15) is 6.07 Å². The van der Waals surface area contributed by atoms with Crippen LogP contribution in [-0.4, -0.2) is 43.0 Å². The quantitative estimate of drug-likeness (QED) is 0.837. The van der Waals surface area contributed by atoms with E-state index in [4.69, 9.17) is 10.00 Å². The Morgan fingerprint density at radius 3 is 2.70 bits per heavy atom. The summed E-state index contributed by atoms with van der Waals surface area (Å²) >= 11 is 0. The van der Waals surface area contributed by atoms with Crippen molar-refractivity contribution >= 4 is 17.6 Å². The average molecular weight is 315 g/mol. The predicted molar refractivity (Wildman–Crippen MR) is 85.6 cm³/mol. The molecule has 1 saturated heterocycles. The lowest BCUT2D eigenvalue weighted by Crippen LogP contribution is -2.41. The molecule has 2 rings (SSSR count). The number of rotatable bonds is 5. The van der Waals surface area contributed by atoms with Crippen LogP contribution >= 0.6 is 0 Å². The number of carbonyl (C=O) groups is 2. The van der Waals surface area contributed by atoms with Crippen LogP contribution in [0.3, 0.4) is 0 Å². The van der Waals surface area contributed by atoms with Crippen molar-refractivity contribution in [3.63, 3.8) is 0 Å². The summed E-state index contributed by atoms with van der Waals surface area (Å²) in [5.74, 6) is -0.351. The molecule has 0 unspecified atom stereocenters. The van der Waals surface area contributed by atoms with Gasteiger partial charge in [-0.05, 0) is 45.0 Å². The average Bonchev–Trinajstić information content (AvgIpc) is 2.56. The topological polar surface area (TPSA) is 82.4 Å². The molecular formula is C17H21N3O3. The first-order chi connectivity index (χ1) is 11.1. The molecule has 0 bridgehead atoms. The molecule has 0 spiro atoms. The molecule has 0 atom stereocenters. The van der Waals surface area contributed by atoms with Gasteiger partial charge in [0.15, 0.2) is 0 Å². The number of benzene rings is 1. The van der Waals surface area contributed by atoms with E-state index in [0.29, 0.717) is 43.8 Å². The molecule has 1 N–H and O–H groups in total. The predicted octanol–water partition coefficient (Wildman–Crippen LogP) is 1.77. The zero-order chi connectivity index (χ0) is 16.7. The van der Waals surface area contributed by atoms with Crippen molar-refractivity contribution in [3.05, 3.63) is 29.8 Å². The number of piperidine rings is 1. The number of hydrogen-bond donors (Lipinski definition) is 1. The van der Waals surface area contributed by atoms with E-state index in [1.807, 2.05) is 4.90 Å². The number of anilines is 1. The lowest BCUT2D eigenvalue weighted by molar-refractivity contribution is -0.149. The first-order valence-corrected chi connectivity index (χ1v) is 7.82. The first-order valence-electron chi connectivity index (χ1n) is 7.82.